The maximum Gasteiger partial charge on any atom is 0.250 e. The molecule has 17 heavy (non-hydrogen) atoms. The van der Waals surface area contributed by atoms with Gasteiger partial charge in [-0.05, 0) is 23.0 Å². The van der Waals surface area contributed by atoms with E-state index in [9.17, 15) is 4.79 Å². The molecule has 1 aliphatic carbocycles. The first-order valence-corrected chi connectivity index (χ1v) is 5.79. The molecule has 0 atom stereocenters. The van der Waals surface area contributed by atoms with Crippen LogP contribution in [0.1, 0.15) is 38.1 Å². The fraction of sp³-hybridized carbons (Fsp3) is 0.538. The van der Waals surface area contributed by atoms with E-state index < -0.39 is 5.91 Å². The maximum absolute atomic E-state index is 10.9. The summed E-state index contributed by atoms with van der Waals surface area (Å²) in [5.41, 5.74) is 6.12. The molecule has 0 radical (unpaired) electrons. The fourth-order valence-electron chi connectivity index (χ4n) is 2.33. The lowest BCUT2D eigenvalue weighted by Gasteiger charge is -2.07. The molecule has 0 aliphatic heterocycles. The Labute approximate surface area is 102 Å². The van der Waals surface area contributed by atoms with Crippen molar-refractivity contribution in [3.63, 3.8) is 0 Å². The van der Waals surface area contributed by atoms with Gasteiger partial charge in [0.2, 0.25) is 5.91 Å². The summed E-state index contributed by atoms with van der Waals surface area (Å²) in [5.74, 6) is 0.342. The number of rotatable bonds is 3. The lowest BCUT2D eigenvalue weighted by atomic mass is 10.0. The number of amides is 1. The molecule has 2 rings (SSSR count). The molecule has 92 valence electrons. The zero-order chi connectivity index (χ0) is 12.8. The van der Waals surface area contributed by atoms with Gasteiger partial charge < -0.3 is 11.1 Å². The average Bonchev–Trinajstić information content (AvgIpc) is 2.62. The van der Waals surface area contributed by atoms with E-state index in [1.54, 1.807) is 12.1 Å². The Hall–Kier alpha value is -1.58. The third-order valence-corrected chi connectivity index (χ3v) is 4.36. The van der Waals surface area contributed by atoms with Crippen molar-refractivity contribution in [2.45, 2.75) is 33.7 Å². The first-order valence-electron chi connectivity index (χ1n) is 5.79. The number of hydrogen-bond donors (Lipinski definition) is 2. The van der Waals surface area contributed by atoms with E-state index >= 15 is 0 Å². The van der Waals surface area contributed by atoms with Gasteiger partial charge in [-0.3, -0.25) is 4.79 Å². The van der Waals surface area contributed by atoms with Crippen molar-refractivity contribution in [1.29, 1.82) is 0 Å². The molecular formula is C13H19N3O. The van der Waals surface area contributed by atoms with Gasteiger partial charge in [0.15, 0.2) is 0 Å². The second-order valence-electron chi connectivity index (χ2n) is 5.82. The van der Waals surface area contributed by atoms with Gasteiger partial charge in [0.25, 0.3) is 0 Å². The molecule has 0 bridgehead atoms. The first-order chi connectivity index (χ1) is 7.76. The highest BCUT2D eigenvalue weighted by molar-refractivity contribution is 5.92. The number of carbonyl (C=O) groups is 1. The Kier molecular flexibility index (Phi) is 2.42. The van der Waals surface area contributed by atoms with E-state index in [-0.39, 0.29) is 10.8 Å². The summed E-state index contributed by atoms with van der Waals surface area (Å²) in [5, 5.41) is 3.40. The highest BCUT2D eigenvalue weighted by Gasteiger charge is 2.65. The number of aromatic nitrogens is 1. The number of anilines is 1. The van der Waals surface area contributed by atoms with Gasteiger partial charge in [-0.2, -0.15) is 0 Å². The Balaban J connectivity index is 2.09. The van der Waals surface area contributed by atoms with Crippen molar-refractivity contribution in [2.75, 3.05) is 5.32 Å². The van der Waals surface area contributed by atoms with Gasteiger partial charge in [-0.15, -0.1) is 0 Å². The molecule has 1 fully saturated rings. The van der Waals surface area contributed by atoms with E-state index in [1.807, 2.05) is 0 Å². The second-order valence-corrected chi connectivity index (χ2v) is 5.82. The Morgan fingerprint density at radius 2 is 1.88 bits per heavy atom. The lowest BCUT2D eigenvalue weighted by Crippen LogP contribution is -2.13. The molecule has 3 N–H and O–H groups in total. The average molecular weight is 233 g/mol. The number of nitrogens with two attached hydrogens (primary N) is 1. The summed E-state index contributed by atoms with van der Waals surface area (Å²) in [4.78, 5) is 15.1. The van der Waals surface area contributed by atoms with Crippen LogP contribution in [0, 0.1) is 10.8 Å². The van der Waals surface area contributed by atoms with Crippen molar-refractivity contribution in [1.82, 2.24) is 4.98 Å². The van der Waals surface area contributed by atoms with Crippen LogP contribution in [-0.2, 0) is 0 Å². The summed E-state index contributed by atoms with van der Waals surface area (Å²) < 4.78 is 0. The summed E-state index contributed by atoms with van der Waals surface area (Å²) in [6, 6.07) is 3.90. The highest BCUT2D eigenvalue weighted by atomic mass is 16.1. The number of nitrogens with one attached hydrogen (secondary N) is 1. The molecule has 0 unspecified atom stereocenters. The number of hydrogen-bond acceptors (Lipinski definition) is 3. The minimum atomic E-state index is -0.448. The summed E-state index contributed by atoms with van der Waals surface area (Å²) >= 11 is 0. The monoisotopic (exact) mass is 233 g/mol. The van der Waals surface area contributed by atoms with Gasteiger partial charge in [-0.25, -0.2) is 4.98 Å². The maximum atomic E-state index is 10.9. The molecule has 0 saturated heterocycles. The van der Waals surface area contributed by atoms with Crippen molar-refractivity contribution >= 4 is 11.7 Å². The van der Waals surface area contributed by atoms with Crippen LogP contribution in [0.15, 0.2) is 18.3 Å². The quantitative estimate of drug-likeness (QED) is 0.839. The van der Waals surface area contributed by atoms with Crippen LogP contribution in [0.4, 0.5) is 5.82 Å². The number of pyridine rings is 1. The molecular weight excluding hydrogens is 214 g/mol. The van der Waals surface area contributed by atoms with E-state index in [0.29, 0.717) is 11.6 Å². The van der Waals surface area contributed by atoms with Gasteiger partial charge in [0, 0.05) is 12.2 Å². The van der Waals surface area contributed by atoms with Crippen molar-refractivity contribution in [3.8, 4) is 0 Å². The normalized spacial score (nSPS) is 20.9. The van der Waals surface area contributed by atoms with Crippen molar-refractivity contribution in [2.24, 2.45) is 16.6 Å². The van der Waals surface area contributed by atoms with Gasteiger partial charge in [-0.1, -0.05) is 27.7 Å². The second kappa shape index (κ2) is 3.45. The number of nitrogens with zero attached hydrogens (tertiary/aromatic N) is 1. The molecule has 1 aromatic rings. The molecule has 1 amide bonds. The van der Waals surface area contributed by atoms with Crippen molar-refractivity contribution < 1.29 is 4.79 Å². The molecule has 1 saturated carbocycles. The summed E-state index contributed by atoms with van der Waals surface area (Å²) in [6.45, 7) is 8.95. The van der Waals surface area contributed by atoms with Crippen LogP contribution in [-0.4, -0.2) is 16.9 Å². The highest BCUT2D eigenvalue weighted by Crippen LogP contribution is 2.63. The molecule has 4 heteroatoms. The minimum Gasteiger partial charge on any atom is -0.366 e. The van der Waals surface area contributed by atoms with E-state index in [2.05, 4.69) is 38.0 Å². The summed E-state index contributed by atoms with van der Waals surface area (Å²) in [7, 11) is 0. The molecule has 1 heterocycles. The molecule has 0 aromatic carbocycles. The van der Waals surface area contributed by atoms with Crippen LogP contribution < -0.4 is 11.1 Å². The largest absolute Gasteiger partial charge is 0.366 e. The Bertz CT molecular complexity index is 434. The third kappa shape index (κ3) is 1.77. The van der Waals surface area contributed by atoms with Crippen LogP contribution in [0.2, 0.25) is 0 Å². The number of carbonyl (C=O) groups excluding carboxylic acids is 1. The van der Waals surface area contributed by atoms with Gasteiger partial charge in [0.1, 0.15) is 5.82 Å². The van der Waals surface area contributed by atoms with Crippen LogP contribution in [0.5, 0.6) is 0 Å². The molecule has 1 aromatic heterocycles. The van der Waals surface area contributed by atoms with E-state index in [4.69, 9.17) is 5.73 Å². The fourth-order valence-corrected chi connectivity index (χ4v) is 2.33. The van der Waals surface area contributed by atoms with Crippen LogP contribution >= 0.6 is 0 Å². The predicted molar refractivity (Wildman–Crippen MR) is 67.7 cm³/mol. The molecule has 4 nitrogen and oxygen atoms in total. The Morgan fingerprint density at radius 1 is 1.29 bits per heavy atom. The number of primary amides is 1. The van der Waals surface area contributed by atoms with E-state index in [0.717, 1.165) is 5.82 Å². The predicted octanol–water partition coefficient (Wildman–Crippen LogP) is 2.03. The van der Waals surface area contributed by atoms with Gasteiger partial charge >= 0.3 is 0 Å². The molecule has 0 spiro atoms. The van der Waals surface area contributed by atoms with E-state index in [1.165, 1.54) is 6.20 Å². The van der Waals surface area contributed by atoms with Crippen LogP contribution in [0.3, 0.4) is 0 Å². The Morgan fingerprint density at radius 3 is 2.24 bits per heavy atom. The topological polar surface area (TPSA) is 68.0 Å². The standard InChI is InChI=1S/C13H19N3O/c1-12(2)11(13(12,3)4)16-9-6-5-8(7-15-9)10(14)17/h5-7,11H,1-4H3,(H2,14,17)(H,15,16). The zero-order valence-corrected chi connectivity index (χ0v) is 10.7. The van der Waals surface area contributed by atoms with Crippen molar-refractivity contribution in [3.05, 3.63) is 23.9 Å². The minimum absolute atomic E-state index is 0.261. The summed E-state index contributed by atoms with van der Waals surface area (Å²) in [6.07, 6.45) is 1.51. The SMILES string of the molecule is CC1(C)C(Nc2ccc(C(N)=O)cn2)C1(C)C. The van der Waals surface area contributed by atoms with Crippen LogP contribution in [0.25, 0.3) is 0 Å². The lowest BCUT2D eigenvalue weighted by molar-refractivity contribution is 0.1000. The zero-order valence-electron chi connectivity index (χ0n) is 10.7. The third-order valence-electron chi connectivity index (χ3n) is 4.36. The van der Waals surface area contributed by atoms with Gasteiger partial charge in [0.05, 0.1) is 5.56 Å². The molecule has 1 aliphatic rings. The first kappa shape index (κ1) is 11.9. The smallest absolute Gasteiger partial charge is 0.250 e.